The number of carbonyl (C=O) groups excluding carboxylic acids is 1. The quantitative estimate of drug-likeness (QED) is 0.638. The minimum atomic E-state index is -0.162. The van der Waals surface area contributed by atoms with Gasteiger partial charge >= 0.3 is 6.03 Å². The molecule has 0 aliphatic carbocycles. The highest BCUT2D eigenvalue weighted by molar-refractivity contribution is 5.74. The highest BCUT2D eigenvalue weighted by Crippen LogP contribution is 2.00. The van der Waals surface area contributed by atoms with Crippen LogP contribution in [0.5, 0.6) is 0 Å². The molecule has 0 bridgehead atoms. The summed E-state index contributed by atoms with van der Waals surface area (Å²) in [6, 6.07) is -0.0214. The van der Waals surface area contributed by atoms with E-state index in [4.69, 9.17) is 5.73 Å². The van der Waals surface area contributed by atoms with E-state index in [2.05, 4.69) is 0 Å². The van der Waals surface area contributed by atoms with Gasteiger partial charge in [0, 0.05) is 20.6 Å². The molecule has 2 N–H and O–H groups in total. The first-order chi connectivity index (χ1) is 5.54. The first-order valence-electron chi connectivity index (χ1n) is 4.28. The maximum atomic E-state index is 11.4. The van der Waals surface area contributed by atoms with E-state index >= 15 is 0 Å². The molecule has 0 aromatic carbocycles. The Kier molecular flexibility index (Phi) is 4.66. The summed E-state index contributed by atoms with van der Waals surface area (Å²) in [6.45, 7) is 4.55. The van der Waals surface area contributed by atoms with Gasteiger partial charge in [0.1, 0.15) is 0 Å². The SMILES string of the molecule is CCC(N)N(CC)C(=O)N(C)C. The van der Waals surface area contributed by atoms with Crippen molar-refractivity contribution < 1.29 is 4.79 Å². The van der Waals surface area contributed by atoms with Gasteiger partial charge < -0.3 is 15.5 Å². The average molecular weight is 173 g/mol. The van der Waals surface area contributed by atoms with Crippen molar-refractivity contribution in [3.63, 3.8) is 0 Å². The third-order valence-electron chi connectivity index (χ3n) is 1.79. The molecule has 0 rings (SSSR count). The van der Waals surface area contributed by atoms with E-state index in [1.807, 2.05) is 13.8 Å². The van der Waals surface area contributed by atoms with Crippen molar-refractivity contribution >= 4 is 6.03 Å². The molecule has 0 heterocycles. The van der Waals surface area contributed by atoms with Crippen LogP contribution in [-0.4, -0.2) is 42.6 Å². The van der Waals surface area contributed by atoms with Gasteiger partial charge in [-0.15, -0.1) is 0 Å². The maximum absolute atomic E-state index is 11.4. The predicted octanol–water partition coefficient (Wildman–Crippen LogP) is 0.685. The van der Waals surface area contributed by atoms with E-state index in [9.17, 15) is 4.79 Å². The standard InChI is InChI=1S/C8H19N3O/c1-5-7(9)11(6-2)8(12)10(3)4/h7H,5-6,9H2,1-4H3. The van der Waals surface area contributed by atoms with Gasteiger partial charge in [0.2, 0.25) is 0 Å². The fourth-order valence-electron chi connectivity index (χ4n) is 0.989. The van der Waals surface area contributed by atoms with E-state index < -0.39 is 0 Å². The van der Waals surface area contributed by atoms with Crippen LogP contribution in [0.4, 0.5) is 4.79 Å². The van der Waals surface area contributed by atoms with Crippen LogP contribution >= 0.6 is 0 Å². The summed E-state index contributed by atoms with van der Waals surface area (Å²) in [5.41, 5.74) is 5.74. The summed E-state index contributed by atoms with van der Waals surface area (Å²) < 4.78 is 0. The average Bonchev–Trinajstić information content (AvgIpc) is 2.05. The highest BCUT2D eigenvalue weighted by Gasteiger charge is 2.18. The Balaban J connectivity index is 4.24. The second-order valence-electron chi connectivity index (χ2n) is 2.94. The molecule has 0 radical (unpaired) electrons. The molecule has 0 saturated heterocycles. The van der Waals surface area contributed by atoms with Gasteiger partial charge in [-0.1, -0.05) is 6.92 Å². The Morgan fingerprint density at radius 3 is 2.17 bits per heavy atom. The lowest BCUT2D eigenvalue weighted by atomic mass is 10.3. The molecular formula is C8H19N3O. The summed E-state index contributed by atoms with van der Waals surface area (Å²) in [7, 11) is 3.46. The first kappa shape index (κ1) is 11.2. The minimum absolute atomic E-state index is 0.0214. The zero-order valence-electron chi connectivity index (χ0n) is 8.37. The molecule has 0 aliphatic heterocycles. The second kappa shape index (κ2) is 4.98. The Bertz CT molecular complexity index is 147. The zero-order chi connectivity index (χ0) is 9.72. The fourth-order valence-corrected chi connectivity index (χ4v) is 0.989. The van der Waals surface area contributed by atoms with E-state index in [-0.39, 0.29) is 12.2 Å². The highest BCUT2D eigenvalue weighted by atomic mass is 16.2. The molecule has 0 aromatic heterocycles. The lowest BCUT2D eigenvalue weighted by Gasteiger charge is -2.29. The smallest absolute Gasteiger partial charge is 0.320 e. The molecule has 0 aliphatic rings. The monoisotopic (exact) mass is 173 g/mol. The summed E-state index contributed by atoms with van der Waals surface area (Å²) >= 11 is 0. The van der Waals surface area contributed by atoms with Gasteiger partial charge in [0.15, 0.2) is 0 Å². The Labute approximate surface area is 74.3 Å². The number of hydrogen-bond acceptors (Lipinski definition) is 2. The van der Waals surface area contributed by atoms with Crippen molar-refractivity contribution in [1.29, 1.82) is 0 Å². The lowest BCUT2D eigenvalue weighted by Crippen LogP contribution is -2.49. The van der Waals surface area contributed by atoms with E-state index in [0.29, 0.717) is 6.54 Å². The molecule has 72 valence electrons. The van der Waals surface area contributed by atoms with Crippen molar-refractivity contribution in [1.82, 2.24) is 9.80 Å². The number of rotatable bonds is 3. The molecule has 4 nitrogen and oxygen atoms in total. The molecule has 12 heavy (non-hydrogen) atoms. The van der Waals surface area contributed by atoms with Crippen molar-refractivity contribution in [2.24, 2.45) is 5.73 Å². The molecule has 0 aromatic rings. The normalized spacial score (nSPS) is 12.4. The van der Waals surface area contributed by atoms with Crippen LogP contribution in [0.25, 0.3) is 0 Å². The van der Waals surface area contributed by atoms with Crippen LogP contribution in [0.2, 0.25) is 0 Å². The number of nitrogens with zero attached hydrogens (tertiary/aromatic N) is 2. The third-order valence-corrected chi connectivity index (χ3v) is 1.79. The fraction of sp³-hybridized carbons (Fsp3) is 0.875. The number of hydrogen-bond donors (Lipinski definition) is 1. The molecule has 0 spiro atoms. The summed E-state index contributed by atoms with van der Waals surface area (Å²) in [5, 5.41) is 0. The van der Waals surface area contributed by atoms with Gasteiger partial charge in [-0.3, -0.25) is 0 Å². The van der Waals surface area contributed by atoms with E-state index in [1.54, 1.807) is 23.9 Å². The maximum Gasteiger partial charge on any atom is 0.320 e. The topological polar surface area (TPSA) is 49.6 Å². The summed E-state index contributed by atoms with van der Waals surface area (Å²) in [5.74, 6) is 0. The van der Waals surface area contributed by atoms with Crippen LogP contribution in [0.15, 0.2) is 0 Å². The van der Waals surface area contributed by atoms with Gasteiger partial charge in [0.25, 0.3) is 0 Å². The van der Waals surface area contributed by atoms with Crippen LogP contribution in [0, 0.1) is 0 Å². The molecular weight excluding hydrogens is 154 g/mol. The van der Waals surface area contributed by atoms with Crippen LogP contribution in [-0.2, 0) is 0 Å². The number of amides is 2. The van der Waals surface area contributed by atoms with Gasteiger partial charge in [0.05, 0.1) is 6.17 Å². The summed E-state index contributed by atoms with van der Waals surface area (Å²) in [4.78, 5) is 14.6. The van der Waals surface area contributed by atoms with Crippen LogP contribution in [0.3, 0.4) is 0 Å². The Morgan fingerprint density at radius 2 is 1.92 bits per heavy atom. The van der Waals surface area contributed by atoms with Gasteiger partial charge in [-0.25, -0.2) is 4.79 Å². The zero-order valence-corrected chi connectivity index (χ0v) is 8.37. The Morgan fingerprint density at radius 1 is 1.42 bits per heavy atom. The lowest BCUT2D eigenvalue weighted by molar-refractivity contribution is 0.152. The second-order valence-corrected chi connectivity index (χ2v) is 2.94. The van der Waals surface area contributed by atoms with Crippen LogP contribution in [0.1, 0.15) is 20.3 Å². The molecule has 2 amide bonds. The molecule has 1 atom stereocenters. The Hall–Kier alpha value is -0.770. The van der Waals surface area contributed by atoms with E-state index in [1.165, 1.54) is 0 Å². The number of carbonyl (C=O) groups is 1. The number of nitrogens with two attached hydrogens (primary N) is 1. The first-order valence-corrected chi connectivity index (χ1v) is 4.28. The largest absolute Gasteiger partial charge is 0.331 e. The molecule has 4 heteroatoms. The van der Waals surface area contributed by atoms with Crippen molar-refractivity contribution in [2.45, 2.75) is 26.4 Å². The van der Waals surface area contributed by atoms with E-state index in [0.717, 1.165) is 6.42 Å². The third kappa shape index (κ3) is 2.70. The van der Waals surface area contributed by atoms with Gasteiger partial charge in [-0.05, 0) is 13.3 Å². The van der Waals surface area contributed by atoms with Crippen molar-refractivity contribution in [3.8, 4) is 0 Å². The van der Waals surface area contributed by atoms with Crippen LogP contribution < -0.4 is 5.73 Å². The molecule has 0 fully saturated rings. The minimum Gasteiger partial charge on any atom is -0.331 e. The van der Waals surface area contributed by atoms with Crippen molar-refractivity contribution in [2.75, 3.05) is 20.6 Å². The summed E-state index contributed by atoms with van der Waals surface area (Å²) in [6.07, 6.45) is 0.623. The number of urea groups is 1. The molecule has 0 saturated carbocycles. The molecule has 1 unspecified atom stereocenters. The predicted molar refractivity (Wildman–Crippen MR) is 49.7 cm³/mol. The van der Waals surface area contributed by atoms with Crippen molar-refractivity contribution in [3.05, 3.63) is 0 Å². The van der Waals surface area contributed by atoms with Gasteiger partial charge in [-0.2, -0.15) is 0 Å².